The van der Waals surface area contributed by atoms with Gasteiger partial charge in [0.15, 0.2) is 0 Å². The van der Waals surface area contributed by atoms with E-state index in [9.17, 15) is 9.59 Å². The summed E-state index contributed by atoms with van der Waals surface area (Å²) in [7, 11) is 0. The van der Waals surface area contributed by atoms with Gasteiger partial charge in [0, 0.05) is 0 Å². The molecule has 0 unspecified atom stereocenters. The van der Waals surface area contributed by atoms with Crippen molar-refractivity contribution < 1.29 is 9.59 Å². The highest BCUT2D eigenvalue weighted by molar-refractivity contribution is 7.12. The Hall–Kier alpha value is -1.80. The van der Waals surface area contributed by atoms with E-state index in [4.69, 9.17) is 0 Å². The molecule has 82 valence electrons. The van der Waals surface area contributed by atoms with Crippen molar-refractivity contribution in [2.45, 2.75) is 0 Å². The van der Waals surface area contributed by atoms with Gasteiger partial charge in [0.25, 0.3) is 11.8 Å². The summed E-state index contributed by atoms with van der Waals surface area (Å²) in [5.74, 6) is -0.777. The summed E-state index contributed by atoms with van der Waals surface area (Å²) in [6, 6.07) is 0. The number of thiazole rings is 2. The smallest absolute Gasteiger partial charge is 0.266 e. The number of hydrazine groups is 1. The van der Waals surface area contributed by atoms with Crippen LogP contribution >= 0.6 is 22.7 Å². The van der Waals surface area contributed by atoms with Crippen molar-refractivity contribution in [1.29, 1.82) is 0 Å². The first-order valence-corrected chi connectivity index (χ1v) is 5.91. The van der Waals surface area contributed by atoms with Gasteiger partial charge < -0.3 is 0 Å². The van der Waals surface area contributed by atoms with Gasteiger partial charge in [-0.3, -0.25) is 30.4 Å². The fourth-order valence-electron chi connectivity index (χ4n) is 0.893. The van der Waals surface area contributed by atoms with Crippen LogP contribution in [0.5, 0.6) is 0 Å². The van der Waals surface area contributed by atoms with Crippen LogP contribution in [0.1, 0.15) is 19.3 Å². The van der Waals surface area contributed by atoms with Crippen molar-refractivity contribution in [2.24, 2.45) is 0 Å². The lowest BCUT2D eigenvalue weighted by Crippen LogP contribution is -2.41. The lowest BCUT2D eigenvalue weighted by molar-refractivity contribution is 0.0851. The third kappa shape index (κ3) is 2.41. The molecule has 0 aliphatic carbocycles. The van der Waals surface area contributed by atoms with E-state index in [0.717, 1.165) is 0 Å². The number of nitrogens with one attached hydrogen (secondary N) is 2. The number of rotatable bonds is 2. The molecular formula is C8H6N4O2S2. The fourth-order valence-corrected chi connectivity index (χ4v) is 1.92. The van der Waals surface area contributed by atoms with Gasteiger partial charge in [-0.25, -0.2) is 0 Å². The van der Waals surface area contributed by atoms with Crippen LogP contribution in [0.2, 0.25) is 0 Å². The van der Waals surface area contributed by atoms with Gasteiger partial charge in [-0.2, -0.15) is 0 Å². The molecule has 0 saturated heterocycles. The molecule has 2 heterocycles. The monoisotopic (exact) mass is 254 g/mol. The Morgan fingerprint density at radius 1 is 0.938 bits per heavy atom. The molecule has 2 rings (SSSR count). The summed E-state index contributed by atoms with van der Waals surface area (Å²) >= 11 is 2.39. The summed E-state index contributed by atoms with van der Waals surface area (Å²) < 4.78 is 0. The molecule has 0 atom stereocenters. The predicted molar refractivity (Wildman–Crippen MR) is 59.2 cm³/mol. The lowest BCUT2D eigenvalue weighted by atomic mass is 10.5. The minimum absolute atomic E-state index is 0.389. The van der Waals surface area contributed by atoms with Gasteiger partial charge in [0.05, 0.1) is 23.4 Å². The zero-order chi connectivity index (χ0) is 11.4. The third-order valence-electron chi connectivity index (χ3n) is 1.60. The summed E-state index contributed by atoms with van der Waals surface area (Å²) in [5.41, 5.74) is 7.65. The fraction of sp³-hybridized carbons (Fsp3) is 0. The van der Waals surface area contributed by atoms with Crippen molar-refractivity contribution in [3.05, 3.63) is 33.2 Å². The van der Waals surface area contributed by atoms with Crippen LogP contribution < -0.4 is 10.9 Å². The van der Waals surface area contributed by atoms with Gasteiger partial charge in [-0.15, -0.1) is 22.7 Å². The van der Waals surface area contributed by atoms with Gasteiger partial charge >= 0.3 is 0 Å². The minimum atomic E-state index is -0.389. The van der Waals surface area contributed by atoms with Crippen LogP contribution in [0, 0.1) is 0 Å². The van der Waals surface area contributed by atoms with Crippen molar-refractivity contribution >= 4 is 34.5 Å². The van der Waals surface area contributed by atoms with Gasteiger partial charge in [-0.05, 0) is 0 Å². The molecule has 16 heavy (non-hydrogen) atoms. The topological polar surface area (TPSA) is 84.0 Å². The first-order valence-electron chi connectivity index (χ1n) is 4.15. The highest BCUT2D eigenvalue weighted by Crippen LogP contribution is 2.05. The van der Waals surface area contributed by atoms with E-state index in [1.165, 1.54) is 35.1 Å². The van der Waals surface area contributed by atoms with Gasteiger partial charge in [-0.1, -0.05) is 0 Å². The van der Waals surface area contributed by atoms with E-state index in [1.54, 1.807) is 11.0 Å². The summed E-state index contributed by atoms with van der Waals surface area (Å²) in [6.45, 7) is 0. The molecule has 0 aliphatic rings. The zero-order valence-corrected chi connectivity index (χ0v) is 9.47. The Balaban J connectivity index is 1.89. The predicted octanol–water partition coefficient (Wildman–Crippen LogP) is 0.674. The molecular weight excluding hydrogens is 248 g/mol. The second-order valence-corrected chi connectivity index (χ2v) is 4.41. The summed E-state index contributed by atoms with van der Waals surface area (Å²) in [5, 5.41) is 0. The van der Waals surface area contributed by atoms with Crippen LogP contribution in [-0.4, -0.2) is 21.8 Å². The number of aromatic nitrogens is 2. The van der Waals surface area contributed by atoms with Crippen molar-refractivity contribution in [3.63, 3.8) is 0 Å². The molecule has 0 bridgehead atoms. The average molecular weight is 254 g/mol. The van der Waals surface area contributed by atoms with Crippen LogP contribution in [0.15, 0.2) is 23.4 Å². The minimum Gasteiger partial charge on any atom is -0.266 e. The number of carbonyl (C=O) groups excluding carboxylic acids is 2. The second-order valence-electron chi connectivity index (χ2n) is 2.64. The second kappa shape index (κ2) is 4.81. The maximum absolute atomic E-state index is 11.4. The molecule has 0 spiro atoms. The summed E-state index contributed by atoms with van der Waals surface area (Å²) in [4.78, 5) is 31.2. The molecule has 2 amide bonds. The number of carbonyl (C=O) groups is 2. The van der Waals surface area contributed by atoms with Crippen LogP contribution in [0.3, 0.4) is 0 Å². The number of hydrogen-bond acceptors (Lipinski definition) is 6. The van der Waals surface area contributed by atoms with Crippen LogP contribution in [0.25, 0.3) is 0 Å². The quantitative estimate of drug-likeness (QED) is 0.772. The highest BCUT2D eigenvalue weighted by Gasteiger charge is 2.10. The SMILES string of the molecule is O=C(NNC(=O)c1cncs1)c1cncs1. The number of hydrogen-bond donors (Lipinski definition) is 2. The van der Waals surface area contributed by atoms with E-state index in [0.29, 0.717) is 9.75 Å². The first-order chi connectivity index (χ1) is 7.77. The maximum Gasteiger partial charge on any atom is 0.281 e. The standard InChI is InChI=1S/C8H6N4O2S2/c13-7(5-1-9-3-15-5)11-12-8(14)6-2-10-4-16-6/h1-4H,(H,11,13)(H,12,14). The molecule has 0 radical (unpaired) electrons. The van der Waals surface area contributed by atoms with E-state index >= 15 is 0 Å². The molecule has 6 nitrogen and oxygen atoms in total. The van der Waals surface area contributed by atoms with E-state index in [2.05, 4.69) is 20.8 Å². The molecule has 2 aromatic rings. The Labute approximate surface area is 98.3 Å². The van der Waals surface area contributed by atoms with E-state index in [1.807, 2.05) is 0 Å². The zero-order valence-electron chi connectivity index (χ0n) is 7.84. The normalized spacial score (nSPS) is 9.75. The van der Waals surface area contributed by atoms with Crippen molar-refractivity contribution in [1.82, 2.24) is 20.8 Å². The molecule has 0 aromatic carbocycles. The molecule has 2 aromatic heterocycles. The Morgan fingerprint density at radius 3 is 1.69 bits per heavy atom. The number of amides is 2. The Morgan fingerprint density at radius 2 is 1.38 bits per heavy atom. The first kappa shape index (κ1) is 10.7. The molecule has 0 fully saturated rings. The Kier molecular flexibility index (Phi) is 3.22. The van der Waals surface area contributed by atoms with Crippen molar-refractivity contribution in [3.8, 4) is 0 Å². The molecule has 0 saturated carbocycles. The van der Waals surface area contributed by atoms with Gasteiger partial charge in [0.1, 0.15) is 9.75 Å². The van der Waals surface area contributed by atoms with E-state index < -0.39 is 0 Å². The molecule has 8 heteroatoms. The van der Waals surface area contributed by atoms with Crippen molar-refractivity contribution in [2.75, 3.05) is 0 Å². The maximum atomic E-state index is 11.4. The largest absolute Gasteiger partial charge is 0.281 e. The van der Waals surface area contributed by atoms with Crippen LogP contribution in [0.4, 0.5) is 0 Å². The highest BCUT2D eigenvalue weighted by atomic mass is 32.1. The molecule has 2 N–H and O–H groups in total. The Bertz CT molecular complexity index is 434. The average Bonchev–Trinajstić information content (AvgIpc) is 2.95. The molecule has 0 aliphatic heterocycles. The lowest BCUT2D eigenvalue weighted by Gasteiger charge is -2.03. The van der Waals surface area contributed by atoms with E-state index in [-0.39, 0.29) is 11.8 Å². The summed E-state index contributed by atoms with van der Waals surface area (Å²) in [6.07, 6.45) is 2.86. The van der Waals surface area contributed by atoms with Crippen LogP contribution in [-0.2, 0) is 0 Å². The number of nitrogens with zero attached hydrogens (tertiary/aromatic N) is 2. The van der Waals surface area contributed by atoms with Gasteiger partial charge in [0.2, 0.25) is 0 Å². The third-order valence-corrected chi connectivity index (χ3v) is 3.15.